The van der Waals surface area contributed by atoms with Gasteiger partial charge in [-0.05, 0) is 93.4 Å². The van der Waals surface area contributed by atoms with Crippen molar-refractivity contribution in [2.24, 2.45) is 28.9 Å². The Morgan fingerprint density at radius 3 is 2.10 bits per heavy atom. The number of carbonyl (C=O) groups is 3. The number of hydrogen-bond donors (Lipinski definition) is 2. The van der Waals surface area contributed by atoms with Crippen molar-refractivity contribution in [3.8, 4) is 0 Å². The van der Waals surface area contributed by atoms with E-state index >= 15 is 0 Å². The summed E-state index contributed by atoms with van der Waals surface area (Å²) < 4.78 is 0. The topological polar surface area (TPSA) is 92.5 Å². The second-order valence-electron chi connectivity index (χ2n) is 9.79. The van der Waals surface area contributed by atoms with Gasteiger partial charge >= 0.3 is 0 Å². The van der Waals surface area contributed by atoms with Crippen molar-refractivity contribution in [3.63, 3.8) is 0 Å². The molecule has 1 heterocycles. The standard InChI is InChI=1S/C23H29N3O3/c24-20(27)17-3-5-18(6-4-17)25-21(28)19-2-1-7-26(19)22(29)23-11-14-8-15(12-23)10-16(9-14)13-23/h3-6,14-16,19H,1-2,7-13H2,(H2,24,27)(H,25,28)/t14?,15?,16?,19-,23?/m0/s1. The third kappa shape index (κ3) is 3.22. The predicted octanol–water partition coefficient (Wildman–Crippen LogP) is 2.93. The van der Waals surface area contributed by atoms with Crippen LogP contribution in [-0.2, 0) is 9.59 Å². The van der Waals surface area contributed by atoms with Crippen LogP contribution in [0, 0.1) is 23.2 Å². The molecule has 3 N–H and O–H groups in total. The third-order valence-electron chi connectivity index (χ3n) is 7.75. The summed E-state index contributed by atoms with van der Waals surface area (Å²) in [6, 6.07) is 6.16. The normalized spacial score (nSPS) is 35.0. The van der Waals surface area contributed by atoms with Crippen LogP contribution in [0.1, 0.15) is 61.7 Å². The summed E-state index contributed by atoms with van der Waals surface area (Å²) in [5, 5.41) is 2.92. The molecule has 0 spiro atoms. The fraction of sp³-hybridized carbons (Fsp3) is 0.609. The second-order valence-corrected chi connectivity index (χ2v) is 9.79. The van der Waals surface area contributed by atoms with Gasteiger partial charge in [0, 0.05) is 17.8 Å². The molecule has 154 valence electrons. The first-order chi connectivity index (χ1) is 13.9. The Kier molecular flexibility index (Phi) is 4.41. The Bertz CT molecular complexity index is 812. The van der Waals surface area contributed by atoms with Gasteiger partial charge in [-0.25, -0.2) is 0 Å². The zero-order valence-corrected chi connectivity index (χ0v) is 16.7. The van der Waals surface area contributed by atoms with Gasteiger partial charge in [-0.3, -0.25) is 14.4 Å². The van der Waals surface area contributed by atoms with E-state index in [4.69, 9.17) is 5.73 Å². The quantitative estimate of drug-likeness (QED) is 0.821. The molecule has 1 aliphatic heterocycles. The molecule has 0 unspecified atom stereocenters. The van der Waals surface area contributed by atoms with Crippen molar-refractivity contribution in [1.29, 1.82) is 0 Å². The Hall–Kier alpha value is -2.37. The SMILES string of the molecule is NC(=O)c1ccc(NC(=O)[C@@H]2CCCN2C(=O)C23CC4CC(CC(C4)C2)C3)cc1. The van der Waals surface area contributed by atoms with E-state index in [1.54, 1.807) is 24.3 Å². The van der Waals surface area contributed by atoms with Gasteiger partial charge in [0.2, 0.25) is 17.7 Å². The van der Waals surface area contributed by atoms with Gasteiger partial charge in [-0.1, -0.05) is 0 Å². The molecular weight excluding hydrogens is 366 g/mol. The molecular formula is C23H29N3O3. The molecule has 0 radical (unpaired) electrons. The van der Waals surface area contributed by atoms with Crippen molar-refractivity contribution < 1.29 is 14.4 Å². The lowest BCUT2D eigenvalue weighted by molar-refractivity contribution is -0.160. The number of anilines is 1. The van der Waals surface area contributed by atoms with Crippen LogP contribution in [-0.4, -0.2) is 35.2 Å². The lowest BCUT2D eigenvalue weighted by Crippen LogP contribution is -2.56. The van der Waals surface area contributed by atoms with E-state index < -0.39 is 11.9 Å². The first-order valence-electron chi connectivity index (χ1n) is 11.0. The Balaban J connectivity index is 1.30. The van der Waals surface area contributed by atoms with E-state index in [1.165, 1.54) is 19.3 Å². The molecule has 6 nitrogen and oxygen atoms in total. The van der Waals surface area contributed by atoms with Gasteiger partial charge in [0.05, 0.1) is 5.41 Å². The number of amides is 3. The fourth-order valence-corrected chi connectivity index (χ4v) is 6.90. The Morgan fingerprint density at radius 2 is 1.55 bits per heavy atom. The number of hydrogen-bond acceptors (Lipinski definition) is 3. The average Bonchev–Trinajstić information content (AvgIpc) is 3.16. The number of primary amides is 1. The molecule has 3 amide bonds. The number of likely N-dealkylation sites (tertiary alicyclic amines) is 1. The molecule has 4 aliphatic carbocycles. The largest absolute Gasteiger partial charge is 0.366 e. The highest BCUT2D eigenvalue weighted by Gasteiger charge is 2.56. The number of nitrogens with zero attached hydrogens (tertiary/aromatic N) is 1. The van der Waals surface area contributed by atoms with Gasteiger partial charge in [0.25, 0.3) is 0 Å². The van der Waals surface area contributed by atoms with Crippen LogP contribution in [0.4, 0.5) is 5.69 Å². The molecule has 1 aromatic carbocycles. The molecule has 6 heteroatoms. The number of nitrogens with one attached hydrogen (secondary N) is 1. The molecule has 0 aromatic heterocycles. The molecule has 1 aromatic rings. The predicted molar refractivity (Wildman–Crippen MR) is 109 cm³/mol. The molecule has 4 bridgehead atoms. The van der Waals surface area contributed by atoms with Gasteiger partial charge < -0.3 is 16.0 Å². The number of rotatable bonds is 4. The van der Waals surface area contributed by atoms with E-state index in [1.807, 2.05) is 4.90 Å². The molecule has 1 atom stereocenters. The second kappa shape index (κ2) is 6.85. The number of benzene rings is 1. The van der Waals surface area contributed by atoms with Crippen LogP contribution < -0.4 is 11.1 Å². The summed E-state index contributed by atoms with van der Waals surface area (Å²) in [7, 11) is 0. The van der Waals surface area contributed by atoms with E-state index in [9.17, 15) is 14.4 Å². The maximum atomic E-state index is 13.7. The summed E-state index contributed by atoms with van der Waals surface area (Å²) in [5.74, 6) is 1.74. The lowest BCUT2D eigenvalue weighted by Gasteiger charge is -2.56. The monoisotopic (exact) mass is 395 g/mol. The van der Waals surface area contributed by atoms with Gasteiger partial charge in [-0.2, -0.15) is 0 Å². The maximum absolute atomic E-state index is 13.7. The van der Waals surface area contributed by atoms with Crippen molar-refractivity contribution in [2.75, 3.05) is 11.9 Å². The highest BCUT2D eigenvalue weighted by molar-refractivity contribution is 5.99. The summed E-state index contributed by atoms with van der Waals surface area (Å²) in [5.41, 5.74) is 6.09. The van der Waals surface area contributed by atoms with Gasteiger partial charge in [0.15, 0.2) is 0 Å². The maximum Gasteiger partial charge on any atom is 0.248 e. The summed E-state index contributed by atoms with van der Waals surface area (Å²) in [6.07, 6.45) is 8.57. The molecule has 5 aliphatic rings. The Labute approximate surface area is 171 Å². The van der Waals surface area contributed by atoms with E-state index in [2.05, 4.69) is 5.32 Å². The van der Waals surface area contributed by atoms with E-state index in [-0.39, 0.29) is 17.2 Å². The summed E-state index contributed by atoms with van der Waals surface area (Å²) >= 11 is 0. The van der Waals surface area contributed by atoms with Crippen LogP contribution in [0.15, 0.2) is 24.3 Å². The minimum absolute atomic E-state index is 0.132. The first-order valence-corrected chi connectivity index (χ1v) is 11.0. The zero-order chi connectivity index (χ0) is 20.2. The van der Waals surface area contributed by atoms with Crippen molar-refractivity contribution >= 4 is 23.4 Å². The first kappa shape index (κ1) is 18.6. The molecule has 6 rings (SSSR count). The lowest BCUT2D eigenvalue weighted by atomic mass is 9.49. The molecule has 4 saturated carbocycles. The van der Waals surface area contributed by atoms with Crippen LogP contribution in [0.5, 0.6) is 0 Å². The van der Waals surface area contributed by atoms with E-state index in [0.717, 1.165) is 25.7 Å². The third-order valence-corrected chi connectivity index (χ3v) is 7.75. The average molecular weight is 396 g/mol. The smallest absolute Gasteiger partial charge is 0.248 e. The van der Waals surface area contributed by atoms with Crippen LogP contribution in [0.2, 0.25) is 0 Å². The molecule has 29 heavy (non-hydrogen) atoms. The highest BCUT2D eigenvalue weighted by Crippen LogP contribution is 2.60. The Morgan fingerprint density at radius 1 is 0.966 bits per heavy atom. The summed E-state index contributed by atoms with van der Waals surface area (Å²) in [6.45, 7) is 0.680. The number of carbonyl (C=O) groups excluding carboxylic acids is 3. The van der Waals surface area contributed by atoms with Crippen molar-refractivity contribution in [1.82, 2.24) is 4.90 Å². The highest BCUT2D eigenvalue weighted by atomic mass is 16.2. The van der Waals surface area contributed by atoms with Crippen LogP contribution in [0.3, 0.4) is 0 Å². The minimum atomic E-state index is -0.494. The van der Waals surface area contributed by atoms with Gasteiger partial charge in [-0.15, -0.1) is 0 Å². The zero-order valence-electron chi connectivity index (χ0n) is 16.7. The van der Waals surface area contributed by atoms with Crippen LogP contribution in [0.25, 0.3) is 0 Å². The molecule has 5 fully saturated rings. The fourth-order valence-electron chi connectivity index (χ4n) is 6.90. The molecule has 1 saturated heterocycles. The van der Waals surface area contributed by atoms with Crippen molar-refractivity contribution in [3.05, 3.63) is 29.8 Å². The van der Waals surface area contributed by atoms with Crippen LogP contribution >= 0.6 is 0 Å². The van der Waals surface area contributed by atoms with E-state index in [0.29, 0.717) is 42.0 Å². The van der Waals surface area contributed by atoms with Gasteiger partial charge in [0.1, 0.15) is 6.04 Å². The minimum Gasteiger partial charge on any atom is -0.366 e. The number of nitrogens with two attached hydrogens (primary N) is 1. The summed E-state index contributed by atoms with van der Waals surface area (Å²) in [4.78, 5) is 39.7. The van der Waals surface area contributed by atoms with Crippen molar-refractivity contribution in [2.45, 2.75) is 57.4 Å².